The summed E-state index contributed by atoms with van der Waals surface area (Å²) in [5, 5.41) is 15.4. The smallest absolute Gasteiger partial charge is 0.306 e. The molecule has 1 heterocycles. The van der Waals surface area contributed by atoms with Crippen molar-refractivity contribution in [1.82, 2.24) is 9.78 Å². The third kappa shape index (κ3) is 4.26. The first-order chi connectivity index (χ1) is 10.9. The molecular weight excluding hydrogens is 298 g/mol. The number of carbonyl (C=O) groups excluding carboxylic acids is 1. The van der Waals surface area contributed by atoms with Crippen LogP contribution in [-0.2, 0) is 18.3 Å². The molecule has 0 bridgehead atoms. The molecule has 0 aliphatic carbocycles. The van der Waals surface area contributed by atoms with E-state index in [-0.39, 0.29) is 11.3 Å². The highest BCUT2D eigenvalue weighted by molar-refractivity contribution is 6.02. The molecule has 2 aromatic rings. The van der Waals surface area contributed by atoms with Crippen LogP contribution >= 0.6 is 0 Å². The van der Waals surface area contributed by atoms with Crippen molar-refractivity contribution in [2.75, 3.05) is 5.32 Å². The van der Waals surface area contributed by atoms with Crippen LogP contribution in [0.4, 0.5) is 5.69 Å². The molecule has 1 aromatic heterocycles. The number of carboxylic acid groups (broad SMARTS) is 1. The average molecular weight is 315 g/mol. The zero-order chi connectivity index (χ0) is 17.0. The van der Waals surface area contributed by atoms with Crippen molar-refractivity contribution in [3.05, 3.63) is 58.0 Å². The number of nitrogens with one attached hydrogen (secondary N) is 1. The number of aryl methyl sites for hydroxylation is 1. The zero-order valence-electron chi connectivity index (χ0n) is 12.8. The number of aromatic nitrogens is 2. The molecule has 1 atom stereocenters. The largest absolute Gasteiger partial charge is 0.481 e. The molecule has 0 aliphatic rings. The van der Waals surface area contributed by atoms with Crippen molar-refractivity contribution < 1.29 is 14.7 Å². The van der Waals surface area contributed by atoms with Crippen molar-refractivity contribution in [2.45, 2.75) is 13.3 Å². The highest BCUT2D eigenvalue weighted by Gasteiger charge is 2.12. The Morgan fingerprint density at radius 3 is 2.43 bits per heavy atom. The van der Waals surface area contributed by atoms with Crippen LogP contribution in [0.2, 0.25) is 0 Å². The molecule has 23 heavy (non-hydrogen) atoms. The molecule has 1 amide bonds. The summed E-state index contributed by atoms with van der Waals surface area (Å²) in [5.41, 5.74) is 1.28. The van der Waals surface area contributed by atoms with Crippen LogP contribution in [0, 0.1) is 5.92 Å². The van der Waals surface area contributed by atoms with Crippen molar-refractivity contribution in [3.63, 3.8) is 0 Å². The van der Waals surface area contributed by atoms with Gasteiger partial charge in [-0.3, -0.25) is 14.4 Å². The van der Waals surface area contributed by atoms with E-state index in [9.17, 15) is 14.4 Å². The fourth-order valence-corrected chi connectivity index (χ4v) is 1.98. The van der Waals surface area contributed by atoms with E-state index in [1.54, 1.807) is 31.2 Å². The van der Waals surface area contributed by atoms with Gasteiger partial charge in [-0.25, -0.2) is 4.68 Å². The summed E-state index contributed by atoms with van der Waals surface area (Å²) < 4.78 is 1.09. The van der Waals surface area contributed by atoms with E-state index < -0.39 is 17.8 Å². The number of nitrogens with zero attached hydrogens (tertiary/aromatic N) is 2. The van der Waals surface area contributed by atoms with E-state index in [2.05, 4.69) is 10.4 Å². The number of carboxylic acids is 1. The SMILES string of the molecule is C[C@H](Cc1ccc(NC(=O)c2ccc(=O)n(C)n2)cc1)C(=O)O. The Morgan fingerprint density at radius 2 is 1.87 bits per heavy atom. The quantitative estimate of drug-likeness (QED) is 0.866. The van der Waals surface area contributed by atoms with Gasteiger partial charge in [-0.05, 0) is 30.2 Å². The standard InChI is InChI=1S/C16H17N3O4/c1-10(16(22)23)9-11-3-5-12(6-4-11)17-15(21)13-7-8-14(20)19(2)18-13/h3-8,10H,9H2,1-2H3,(H,17,21)(H,22,23)/t10-/m1/s1. The third-order valence-electron chi connectivity index (χ3n) is 3.37. The lowest BCUT2D eigenvalue weighted by atomic mass is 10.0. The maximum Gasteiger partial charge on any atom is 0.306 e. The van der Waals surface area contributed by atoms with Crippen LogP contribution in [0.5, 0.6) is 0 Å². The lowest BCUT2D eigenvalue weighted by Gasteiger charge is -2.08. The van der Waals surface area contributed by atoms with Gasteiger partial charge in [0.15, 0.2) is 0 Å². The molecule has 1 aromatic carbocycles. The average Bonchev–Trinajstić information content (AvgIpc) is 2.51. The van der Waals surface area contributed by atoms with Crippen LogP contribution < -0.4 is 10.9 Å². The fourth-order valence-electron chi connectivity index (χ4n) is 1.98. The second-order valence-corrected chi connectivity index (χ2v) is 5.27. The van der Waals surface area contributed by atoms with Crippen molar-refractivity contribution in [3.8, 4) is 0 Å². The minimum atomic E-state index is -0.844. The van der Waals surface area contributed by atoms with Gasteiger partial charge in [0.2, 0.25) is 0 Å². The van der Waals surface area contributed by atoms with Gasteiger partial charge in [0.1, 0.15) is 5.69 Å². The van der Waals surface area contributed by atoms with Gasteiger partial charge < -0.3 is 10.4 Å². The second kappa shape index (κ2) is 6.87. The predicted octanol–water partition coefficient (Wildman–Crippen LogP) is 1.30. The van der Waals surface area contributed by atoms with E-state index in [4.69, 9.17) is 5.11 Å². The van der Waals surface area contributed by atoms with Gasteiger partial charge in [-0.1, -0.05) is 19.1 Å². The Balaban J connectivity index is 2.05. The van der Waals surface area contributed by atoms with E-state index in [0.29, 0.717) is 12.1 Å². The van der Waals surface area contributed by atoms with Gasteiger partial charge in [-0.15, -0.1) is 0 Å². The number of aliphatic carboxylic acids is 1. The summed E-state index contributed by atoms with van der Waals surface area (Å²) >= 11 is 0. The zero-order valence-corrected chi connectivity index (χ0v) is 12.8. The molecular formula is C16H17N3O4. The number of benzene rings is 1. The van der Waals surface area contributed by atoms with Crippen molar-refractivity contribution in [2.24, 2.45) is 13.0 Å². The molecule has 0 radical (unpaired) electrons. The monoisotopic (exact) mass is 315 g/mol. The van der Waals surface area contributed by atoms with Gasteiger partial charge in [0.05, 0.1) is 5.92 Å². The molecule has 0 unspecified atom stereocenters. The van der Waals surface area contributed by atoms with Gasteiger partial charge in [0, 0.05) is 18.8 Å². The Kier molecular flexibility index (Phi) is 4.90. The minimum absolute atomic E-state index is 0.135. The fraction of sp³-hybridized carbons (Fsp3) is 0.250. The highest BCUT2D eigenvalue weighted by Crippen LogP contribution is 2.14. The Labute approximate surface area is 132 Å². The lowest BCUT2D eigenvalue weighted by Crippen LogP contribution is -2.23. The molecule has 0 aliphatic heterocycles. The summed E-state index contributed by atoms with van der Waals surface area (Å²) in [4.78, 5) is 34.2. The Hall–Kier alpha value is -2.96. The molecule has 2 rings (SSSR count). The molecule has 2 N–H and O–H groups in total. The summed E-state index contributed by atoms with van der Waals surface area (Å²) in [5.74, 6) is -1.74. The Bertz CT molecular complexity index is 781. The van der Waals surface area contributed by atoms with Crippen LogP contribution in [0.3, 0.4) is 0 Å². The molecule has 7 nitrogen and oxygen atoms in total. The summed E-state index contributed by atoms with van der Waals surface area (Å²) in [6.07, 6.45) is 0.423. The number of anilines is 1. The van der Waals surface area contributed by atoms with E-state index >= 15 is 0 Å². The number of hydrogen-bond acceptors (Lipinski definition) is 4. The topological polar surface area (TPSA) is 101 Å². The lowest BCUT2D eigenvalue weighted by molar-refractivity contribution is -0.141. The molecule has 0 saturated heterocycles. The number of rotatable bonds is 5. The van der Waals surface area contributed by atoms with Gasteiger partial charge in [0.25, 0.3) is 11.5 Å². The molecule has 7 heteroatoms. The molecule has 0 saturated carbocycles. The molecule has 0 fully saturated rings. The Morgan fingerprint density at radius 1 is 1.22 bits per heavy atom. The van der Waals surface area contributed by atoms with Crippen LogP contribution in [0.1, 0.15) is 23.0 Å². The van der Waals surface area contributed by atoms with E-state index in [1.807, 2.05) is 0 Å². The normalized spacial score (nSPS) is 11.7. The first-order valence-corrected chi connectivity index (χ1v) is 7.04. The minimum Gasteiger partial charge on any atom is -0.481 e. The van der Waals surface area contributed by atoms with Crippen LogP contribution in [0.15, 0.2) is 41.2 Å². The molecule has 0 spiro atoms. The van der Waals surface area contributed by atoms with Gasteiger partial charge >= 0.3 is 5.97 Å². The predicted molar refractivity (Wildman–Crippen MR) is 84.4 cm³/mol. The first kappa shape index (κ1) is 16.4. The van der Waals surface area contributed by atoms with Crippen LogP contribution in [-0.4, -0.2) is 26.8 Å². The number of carbonyl (C=O) groups is 2. The van der Waals surface area contributed by atoms with Crippen LogP contribution in [0.25, 0.3) is 0 Å². The van der Waals surface area contributed by atoms with Gasteiger partial charge in [-0.2, -0.15) is 5.10 Å². The van der Waals surface area contributed by atoms with Crippen molar-refractivity contribution >= 4 is 17.6 Å². The maximum absolute atomic E-state index is 12.1. The third-order valence-corrected chi connectivity index (χ3v) is 3.37. The number of hydrogen-bond donors (Lipinski definition) is 2. The summed E-state index contributed by atoms with van der Waals surface area (Å²) in [6.45, 7) is 1.64. The molecule has 120 valence electrons. The van der Waals surface area contributed by atoms with E-state index in [1.165, 1.54) is 19.2 Å². The van der Waals surface area contributed by atoms with E-state index in [0.717, 1.165) is 10.2 Å². The summed E-state index contributed by atoms with van der Waals surface area (Å²) in [6, 6.07) is 9.57. The maximum atomic E-state index is 12.1. The number of amides is 1. The highest BCUT2D eigenvalue weighted by atomic mass is 16.4. The first-order valence-electron chi connectivity index (χ1n) is 7.04. The van der Waals surface area contributed by atoms with Crippen molar-refractivity contribution in [1.29, 1.82) is 0 Å². The second-order valence-electron chi connectivity index (χ2n) is 5.27. The summed E-state index contributed by atoms with van der Waals surface area (Å²) in [7, 11) is 1.47.